The van der Waals surface area contributed by atoms with E-state index in [1.165, 1.54) is 82.4 Å². The molecule has 0 N–H and O–H groups in total. The smallest absolute Gasteiger partial charge is 0.225 e. The zero-order chi connectivity index (χ0) is 18.5. The Hall–Kier alpha value is -1.20. The van der Waals surface area contributed by atoms with Crippen LogP contribution in [0.5, 0.6) is 0 Å². The lowest BCUT2D eigenvalue weighted by atomic mass is 9.91. The summed E-state index contributed by atoms with van der Waals surface area (Å²) in [6, 6.07) is 0.864. The van der Waals surface area contributed by atoms with E-state index in [0.29, 0.717) is 0 Å². The van der Waals surface area contributed by atoms with Gasteiger partial charge in [0.05, 0.1) is 5.69 Å². The summed E-state index contributed by atoms with van der Waals surface area (Å²) in [5.74, 6) is 0.971. The monoisotopic (exact) mass is 371 g/mol. The van der Waals surface area contributed by atoms with Crippen molar-refractivity contribution in [2.75, 3.05) is 50.7 Å². The summed E-state index contributed by atoms with van der Waals surface area (Å²) in [6.45, 7) is 10.4. The van der Waals surface area contributed by atoms with Gasteiger partial charge in [0.2, 0.25) is 5.95 Å². The number of aromatic nitrogens is 2. The molecule has 4 rings (SSSR count). The van der Waals surface area contributed by atoms with E-state index in [9.17, 15) is 0 Å². The van der Waals surface area contributed by atoms with E-state index in [0.717, 1.165) is 44.5 Å². The van der Waals surface area contributed by atoms with E-state index in [-0.39, 0.29) is 0 Å². The maximum Gasteiger partial charge on any atom is 0.225 e. The molecule has 0 bridgehead atoms. The first-order chi connectivity index (χ1) is 13.3. The molecule has 1 aliphatic carbocycles. The van der Waals surface area contributed by atoms with Crippen LogP contribution in [0.25, 0.3) is 0 Å². The van der Waals surface area contributed by atoms with Crippen LogP contribution in [0.4, 0.5) is 5.95 Å². The van der Waals surface area contributed by atoms with Gasteiger partial charge in [-0.15, -0.1) is 0 Å². The average Bonchev–Trinajstić information content (AvgIpc) is 2.86. The molecule has 1 saturated carbocycles. The second-order valence-electron chi connectivity index (χ2n) is 8.65. The highest BCUT2D eigenvalue weighted by atomic mass is 15.3. The van der Waals surface area contributed by atoms with Crippen LogP contribution in [0.15, 0.2) is 6.20 Å². The lowest BCUT2D eigenvalue weighted by molar-refractivity contribution is 0.120. The lowest BCUT2D eigenvalue weighted by Gasteiger charge is -2.43. The first-order valence-electron chi connectivity index (χ1n) is 11.4. The van der Waals surface area contributed by atoms with Crippen LogP contribution in [-0.2, 0) is 12.8 Å². The van der Waals surface area contributed by atoms with E-state index in [4.69, 9.17) is 9.97 Å². The van der Waals surface area contributed by atoms with Crippen molar-refractivity contribution >= 4 is 5.95 Å². The number of rotatable bonds is 7. The molecule has 27 heavy (non-hydrogen) atoms. The fraction of sp³-hybridized carbons (Fsp3) is 0.818. The summed E-state index contributed by atoms with van der Waals surface area (Å²) >= 11 is 0. The minimum atomic E-state index is 0.864. The molecular formula is C22H37N5. The number of hydrogen-bond acceptors (Lipinski definition) is 5. The standard InChI is InChI=1S/C22H37N5/c1-2-3-4-5-11-25-12-9-19-18-23-22(24-21(19)10-13-25)27-16-14-26(15-17-27)20-7-6-8-20/h18,20H,2-17H2,1H3. The Kier molecular flexibility index (Phi) is 6.61. The van der Waals surface area contributed by atoms with Crippen LogP contribution in [-0.4, -0.2) is 71.6 Å². The summed E-state index contributed by atoms with van der Waals surface area (Å²) < 4.78 is 0. The zero-order valence-corrected chi connectivity index (χ0v) is 17.2. The highest BCUT2D eigenvalue weighted by molar-refractivity contribution is 5.34. The van der Waals surface area contributed by atoms with Crippen molar-refractivity contribution in [1.29, 1.82) is 0 Å². The molecular weight excluding hydrogens is 334 g/mol. The van der Waals surface area contributed by atoms with Gasteiger partial charge >= 0.3 is 0 Å². The van der Waals surface area contributed by atoms with Gasteiger partial charge in [0.1, 0.15) is 0 Å². The molecule has 3 aliphatic rings. The van der Waals surface area contributed by atoms with Crippen molar-refractivity contribution in [3.63, 3.8) is 0 Å². The van der Waals surface area contributed by atoms with Crippen LogP contribution in [0.3, 0.4) is 0 Å². The van der Waals surface area contributed by atoms with E-state index < -0.39 is 0 Å². The number of fused-ring (bicyclic) bond motifs is 1. The van der Waals surface area contributed by atoms with Crippen LogP contribution in [0.2, 0.25) is 0 Å². The third kappa shape index (κ3) is 4.80. The molecule has 150 valence electrons. The molecule has 1 saturated heterocycles. The summed E-state index contributed by atoms with van der Waals surface area (Å²) in [5.41, 5.74) is 2.68. The van der Waals surface area contributed by atoms with Crippen molar-refractivity contribution in [3.05, 3.63) is 17.5 Å². The molecule has 1 aromatic heterocycles. The third-order valence-corrected chi connectivity index (χ3v) is 6.82. The van der Waals surface area contributed by atoms with E-state index in [1.807, 2.05) is 0 Å². The van der Waals surface area contributed by atoms with E-state index >= 15 is 0 Å². The van der Waals surface area contributed by atoms with Gasteiger partial charge in [-0.2, -0.15) is 0 Å². The molecule has 2 fully saturated rings. The Morgan fingerprint density at radius 1 is 0.963 bits per heavy atom. The topological polar surface area (TPSA) is 35.5 Å². The zero-order valence-electron chi connectivity index (χ0n) is 17.2. The molecule has 3 heterocycles. The van der Waals surface area contributed by atoms with Gasteiger partial charge < -0.3 is 9.80 Å². The van der Waals surface area contributed by atoms with Crippen LogP contribution in [0.1, 0.15) is 63.1 Å². The Morgan fingerprint density at radius 2 is 1.78 bits per heavy atom. The normalized spacial score (nSPS) is 22.3. The average molecular weight is 372 g/mol. The van der Waals surface area contributed by atoms with Crippen molar-refractivity contribution in [2.24, 2.45) is 0 Å². The summed E-state index contributed by atoms with van der Waals surface area (Å²) in [7, 11) is 0. The predicted molar refractivity (Wildman–Crippen MR) is 111 cm³/mol. The fourth-order valence-electron chi connectivity index (χ4n) is 4.69. The lowest BCUT2D eigenvalue weighted by Crippen LogP contribution is -2.52. The fourth-order valence-corrected chi connectivity index (χ4v) is 4.69. The summed E-state index contributed by atoms with van der Waals surface area (Å²) in [6.07, 6.45) is 14.0. The minimum absolute atomic E-state index is 0.864. The molecule has 2 aliphatic heterocycles. The highest BCUT2D eigenvalue weighted by Gasteiger charge is 2.28. The van der Waals surface area contributed by atoms with Crippen molar-refractivity contribution in [3.8, 4) is 0 Å². The van der Waals surface area contributed by atoms with Crippen LogP contribution in [0, 0.1) is 0 Å². The van der Waals surface area contributed by atoms with Gasteiger partial charge in [0.15, 0.2) is 0 Å². The van der Waals surface area contributed by atoms with Crippen molar-refractivity contribution in [1.82, 2.24) is 19.8 Å². The highest BCUT2D eigenvalue weighted by Crippen LogP contribution is 2.26. The largest absolute Gasteiger partial charge is 0.338 e. The molecule has 5 heteroatoms. The molecule has 1 aromatic rings. The maximum atomic E-state index is 5.01. The van der Waals surface area contributed by atoms with Crippen molar-refractivity contribution in [2.45, 2.75) is 70.8 Å². The molecule has 0 aromatic carbocycles. The maximum absolute atomic E-state index is 5.01. The second kappa shape index (κ2) is 9.33. The Labute approximate surface area is 165 Å². The van der Waals surface area contributed by atoms with Crippen molar-refractivity contribution < 1.29 is 0 Å². The molecule has 5 nitrogen and oxygen atoms in total. The number of hydrogen-bond donors (Lipinski definition) is 0. The summed E-state index contributed by atoms with van der Waals surface area (Å²) in [5, 5.41) is 0. The molecule has 0 atom stereocenters. The van der Waals surface area contributed by atoms with E-state index in [2.05, 4.69) is 27.8 Å². The molecule has 0 radical (unpaired) electrons. The second-order valence-corrected chi connectivity index (χ2v) is 8.65. The van der Waals surface area contributed by atoms with Gasteiger partial charge in [-0.25, -0.2) is 9.97 Å². The Morgan fingerprint density at radius 3 is 2.52 bits per heavy atom. The molecule has 0 amide bonds. The minimum Gasteiger partial charge on any atom is -0.338 e. The summed E-state index contributed by atoms with van der Waals surface area (Å²) in [4.78, 5) is 17.5. The van der Waals surface area contributed by atoms with Gasteiger partial charge in [0.25, 0.3) is 0 Å². The predicted octanol–water partition coefficient (Wildman–Crippen LogP) is 3.13. The SMILES string of the molecule is CCCCCCN1CCc2cnc(N3CCN(C4CCC4)CC3)nc2CC1. The first kappa shape index (κ1) is 19.1. The van der Waals surface area contributed by atoms with Gasteiger partial charge in [0, 0.05) is 57.9 Å². The number of nitrogens with zero attached hydrogens (tertiary/aromatic N) is 5. The molecule has 0 spiro atoms. The van der Waals surface area contributed by atoms with Crippen LogP contribution >= 0.6 is 0 Å². The Balaban J connectivity index is 1.30. The quantitative estimate of drug-likeness (QED) is 0.688. The third-order valence-electron chi connectivity index (χ3n) is 6.82. The Bertz CT molecular complexity index is 592. The van der Waals surface area contributed by atoms with Gasteiger partial charge in [-0.1, -0.05) is 32.6 Å². The van der Waals surface area contributed by atoms with Gasteiger partial charge in [-0.05, 0) is 37.8 Å². The number of anilines is 1. The number of unbranched alkanes of at least 4 members (excludes halogenated alkanes) is 3. The van der Waals surface area contributed by atoms with E-state index in [1.54, 1.807) is 0 Å². The molecule has 0 unspecified atom stereocenters. The van der Waals surface area contributed by atoms with Crippen LogP contribution < -0.4 is 4.90 Å². The number of piperazine rings is 1. The van der Waals surface area contributed by atoms with Gasteiger partial charge in [-0.3, -0.25) is 4.90 Å². The first-order valence-corrected chi connectivity index (χ1v) is 11.4.